The van der Waals surface area contributed by atoms with Crippen LogP contribution in [0.15, 0.2) is 24.3 Å². The molecule has 2 atom stereocenters. The summed E-state index contributed by atoms with van der Waals surface area (Å²) in [6.45, 7) is 7.75. The summed E-state index contributed by atoms with van der Waals surface area (Å²) in [5.41, 5.74) is 5.38. The molecule has 1 aliphatic rings. The number of carbonyl (C=O) groups is 1. The van der Waals surface area contributed by atoms with Crippen LogP contribution in [0.25, 0.3) is 10.9 Å². The molecule has 3 rings (SSSR count). The highest BCUT2D eigenvalue weighted by Crippen LogP contribution is 2.22. The molecule has 0 bridgehead atoms. The molecule has 6 heteroatoms. The van der Waals surface area contributed by atoms with Crippen molar-refractivity contribution in [1.82, 2.24) is 20.7 Å². The maximum Gasteiger partial charge on any atom is 0.266 e. The van der Waals surface area contributed by atoms with Crippen molar-refractivity contribution in [3.63, 3.8) is 0 Å². The highest BCUT2D eigenvalue weighted by molar-refractivity contribution is 6.30. The quantitative estimate of drug-likeness (QED) is 0.830. The molecule has 2 heterocycles. The lowest BCUT2D eigenvalue weighted by molar-refractivity contribution is 0.0683. The van der Waals surface area contributed by atoms with Crippen LogP contribution in [0.2, 0.25) is 5.15 Å². The normalized spacial score (nSPS) is 22.3. The zero-order valence-corrected chi connectivity index (χ0v) is 14.3. The van der Waals surface area contributed by atoms with Crippen LogP contribution >= 0.6 is 11.6 Å². The van der Waals surface area contributed by atoms with Crippen molar-refractivity contribution in [3.05, 3.63) is 40.5 Å². The standard InChI is InChI=1S/C17H21ClN4O/c1-10-4-5-15-13(6-10)14(7-16(18)20-15)17(23)21-22-8-11(2)19-12(3)9-22/h4-7,11-12,19H,8-9H2,1-3H3,(H,21,23)/t11-,12+. The summed E-state index contributed by atoms with van der Waals surface area (Å²) >= 11 is 6.08. The molecule has 122 valence electrons. The molecule has 0 unspecified atom stereocenters. The smallest absolute Gasteiger partial charge is 0.266 e. The maximum absolute atomic E-state index is 12.7. The second-order valence-electron chi connectivity index (χ2n) is 6.33. The topological polar surface area (TPSA) is 57.3 Å². The molecule has 0 aliphatic carbocycles. The molecule has 1 aromatic carbocycles. The summed E-state index contributed by atoms with van der Waals surface area (Å²) in [5, 5.41) is 6.56. The number of hydrogen-bond donors (Lipinski definition) is 2. The third-order valence-electron chi connectivity index (χ3n) is 3.99. The van der Waals surface area contributed by atoms with Crippen LogP contribution in [0.1, 0.15) is 29.8 Å². The van der Waals surface area contributed by atoms with Crippen LogP contribution in [0.5, 0.6) is 0 Å². The van der Waals surface area contributed by atoms with Gasteiger partial charge in [0.1, 0.15) is 5.15 Å². The van der Waals surface area contributed by atoms with Crippen molar-refractivity contribution < 1.29 is 4.79 Å². The first-order chi connectivity index (χ1) is 10.9. The van der Waals surface area contributed by atoms with E-state index in [9.17, 15) is 4.79 Å². The lowest BCUT2D eigenvalue weighted by Gasteiger charge is -2.36. The minimum absolute atomic E-state index is 0.147. The molecule has 0 saturated carbocycles. The van der Waals surface area contributed by atoms with E-state index >= 15 is 0 Å². The lowest BCUT2D eigenvalue weighted by atomic mass is 10.1. The Morgan fingerprint density at radius 3 is 2.70 bits per heavy atom. The Morgan fingerprint density at radius 1 is 1.30 bits per heavy atom. The molecular weight excluding hydrogens is 312 g/mol. The van der Waals surface area contributed by atoms with E-state index in [1.807, 2.05) is 30.1 Å². The second-order valence-corrected chi connectivity index (χ2v) is 6.72. The van der Waals surface area contributed by atoms with Gasteiger partial charge in [0, 0.05) is 30.6 Å². The molecule has 1 aliphatic heterocycles. The van der Waals surface area contributed by atoms with Crippen LogP contribution in [0, 0.1) is 6.92 Å². The molecule has 0 radical (unpaired) electrons. The van der Waals surface area contributed by atoms with Crippen LogP contribution in [0.3, 0.4) is 0 Å². The summed E-state index contributed by atoms with van der Waals surface area (Å²) < 4.78 is 0. The zero-order valence-electron chi connectivity index (χ0n) is 13.6. The van der Waals surface area contributed by atoms with Gasteiger partial charge in [-0.15, -0.1) is 0 Å². The van der Waals surface area contributed by atoms with E-state index in [2.05, 4.69) is 29.6 Å². The van der Waals surface area contributed by atoms with E-state index in [0.29, 0.717) is 22.8 Å². The van der Waals surface area contributed by atoms with Crippen molar-refractivity contribution in [2.75, 3.05) is 13.1 Å². The fraction of sp³-hybridized carbons (Fsp3) is 0.412. The minimum Gasteiger partial charge on any atom is -0.309 e. The van der Waals surface area contributed by atoms with Crippen LogP contribution in [-0.2, 0) is 0 Å². The Bertz CT molecular complexity index is 739. The number of amides is 1. The monoisotopic (exact) mass is 332 g/mol. The number of hydrazine groups is 1. The molecule has 1 fully saturated rings. The van der Waals surface area contributed by atoms with Gasteiger partial charge in [-0.25, -0.2) is 9.99 Å². The fourth-order valence-corrected chi connectivity index (χ4v) is 3.32. The first kappa shape index (κ1) is 16.2. The van der Waals surface area contributed by atoms with Gasteiger partial charge in [0.05, 0.1) is 11.1 Å². The number of aromatic nitrogens is 1. The van der Waals surface area contributed by atoms with Crippen molar-refractivity contribution >= 4 is 28.4 Å². The number of aryl methyl sites for hydroxylation is 1. The number of piperazine rings is 1. The van der Waals surface area contributed by atoms with Crippen molar-refractivity contribution in [3.8, 4) is 0 Å². The Kier molecular flexibility index (Phi) is 4.53. The average Bonchev–Trinajstić information content (AvgIpc) is 2.45. The molecule has 2 aromatic rings. The van der Waals surface area contributed by atoms with E-state index in [4.69, 9.17) is 11.6 Å². The van der Waals surface area contributed by atoms with E-state index < -0.39 is 0 Å². The number of pyridine rings is 1. The number of fused-ring (bicyclic) bond motifs is 1. The maximum atomic E-state index is 12.7. The second kappa shape index (κ2) is 6.43. The molecule has 23 heavy (non-hydrogen) atoms. The molecule has 1 saturated heterocycles. The van der Waals surface area contributed by atoms with Gasteiger partial charge in [0.15, 0.2) is 0 Å². The highest BCUT2D eigenvalue weighted by Gasteiger charge is 2.23. The van der Waals surface area contributed by atoms with Crippen LogP contribution < -0.4 is 10.7 Å². The number of rotatable bonds is 2. The summed E-state index contributed by atoms with van der Waals surface area (Å²) in [6.07, 6.45) is 0. The largest absolute Gasteiger partial charge is 0.309 e. The first-order valence-electron chi connectivity index (χ1n) is 7.81. The van der Waals surface area contributed by atoms with Crippen LogP contribution in [-0.4, -0.2) is 41.1 Å². The van der Waals surface area contributed by atoms with E-state index in [1.54, 1.807) is 6.07 Å². The molecule has 1 amide bonds. The van der Waals surface area contributed by atoms with Gasteiger partial charge in [-0.1, -0.05) is 23.2 Å². The Morgan fingerprint density at radius 2 is 2.00 bits per heavy atom. The van der Waals surface area contributed by atoms with Gasteiger partial charge in [-0.2, -0.15) is 0 Å². The predicted molar refractivity (Wildman–Crippen MR) is 92.6 cm³/mol. The number of hydrogen-bond acceptors (Lipinski definition) is 4. The average molecular weight is 333 g/mol. The number of nitrogens with one attached hydrogen (secondary N) is 2. The molecule has 0 spiro atoms. The molecule has 1 aromatic heterocycles. The van der Waals surface area contributed by atoms with Crippen molar-refractivity contribution in [2.45, 2.75) is 32.9 Å². The number of nitrogens with zero attached hydrogens (tertiary/aromatic N) is 2. The summed E-state index contributed by atoms with van der Waals surface area (Å²) in [4.78, 5) is 17.0. The van der Waals surface area contributed by atoms with E-state index in [1.165, 1.54) is 0 Å². The SMILES string of the molecule is Cc1ccc2nc(Cl)cc(C(=O)NN3C[C@@H](C)N[C@@H](C)C3)c2c1. The summed E-state index contributed by atoms with van der Waals surface area (Å²) in [6, 6.07) is 8.12. The highest BCUT2D eigenvalue weighted by atomic mass is 35.5. The first-order valence-corrected chi connectivity index (χ1v) is 8.19. The van der Waals surface area contributed by atoms with E-state index in [0.717, 1.165) is 29.6 Å². The van der Waals surface area contributed by atoms with Gasteiger partial charge < -0.3 is 5.32 Å². The Balaban J connectivity index is 1.90. The molecule has 2 N–H and O–H groups in total. The van der Waals surface area contributed by atoms with E-state index in [-0.39, 0.29) is 5.91 Å². The van der Waals surface area contributed by atoms with Crippen LogP contribution in [0.4, 0.5) is 0 Å². The predicted octanol–water partition coefficient (Wildman–Crippen LogP) is 2.52. The zero-order chi connectivity index (χ0) is 16.6. The lowest BCUT2D eigenvalue weighted by Crippen LogP contribution is -2.59. The molecule has 5 nitrogen and oxygen atoms in total. The Hall–Kier alpha value is -1.69. The summed E-state index contributed by atoms with van der Waals surface area (Å²) in [5.74, 6) is -0.147. The number of benzene rings is 1. The Labute approximate surface area is 141 Å². The summed E-state index contributed by atoms with van der Waals surface area (Å²) in [7, 11) is 0. The molecular formula is C17H21ClN4O. The third-order valence-corrected chi connectivity index (χ3v) is 4.19. The van der Waals surface area contributed by atoms with Gasteiger partial charge in [0.2, 0.25) is 0 Å². The van der Waals surface area contributed by atoms with Gasteiger partial charge in [-0.3, -0.25) is 10.2 Å². The van der Waals surface area contributed by atoms with Crippen molar-refractivity contribution in [1.29, 1.82) is 0 Å². The fourth-order valence-electron chi connectivity index (χ4n) is 3.12. The number of halogens is 1. The van der Waals surface area contributed by atoms with Gasteiger partial charge in [0.25, 0.3) is 5.91 Å². The third kappa shape index (κ3) is 3.63. The van der Waals surface area contributed by atoms with Crippen molar-refractivity contribution in [2.24, 2.45) is 0 Å². The number of carbonyl (C=O) groups excluding carboxylic acids is 1. The van der Waals surface area contributed by atoms with Gasteiger partial charge in [-0.05, 0) is 39.0 Å². The minimum atomic E-state index is -0.147. The van der Waals surface area contributed by atoms with Gasteiger partial charge >= 0.3 is 0 Å².